The van der Waals surface area contributed by atoms with Crippen molar-refractivity contribution >= 4 is 11.4 Å². The van der Waals surface area contributed by atoms with Gasteiger partial charge in [0.25, 0.3) is 0 Å². The number of hydroxylamine groups is 1. The van der Waals surface area contributed by atoms with Gasteiger partial charge >= 0.3 is 0 Å². The Bertz CT molecular complexity index is 493. The highest BCUT2D eigenvalue weighted by Gasteiger charge is 2.21. The van der Waals surface area contributed by atoms with Gasteiger partial charge < -0.3 is 5.21 Å². The van der Waals surface area contributed by atoms with Crippen molar-refractivity contribution in [2.45, 2.75) is 52.6 Å². The van der Waals surface area contributed by atoms with E-state index in [1.165, 1.54) is 0 Å². The fourth-order valence-corrected chi connectivity index (χ4v) is 1.09. The Morgan fingerprint density at radius 3 is 1.95 bits per heavy atom. The third kappa shape index (κ3) is 5.16. The first-order chi connectivity index (χ1) is 8.59. The molecular weight excluding hydrogens is 240 g/mol. The molecule has 0 heterocycles. The monoisotopic (exact) mass is 262 g/mol. The van der Waals surface area contributed by atoms with Crippen molar-refractivity contribution in [2.75, 3.05) is 0 Å². The molecular formula is C14H22N4O. The van der Waals surface area contributed by atoms with Crippen LogP contribution >= 0.6 is 0 Å². The van der Waals surface area contributed by atoms with Crippen molar-refractivity contribution in [3.8, 4) is 0 Å². The molecule has 5 heteroatoms. The molecule has 1 rings (SSSR count). The van der Waals surface area contributed by atoms with Crippen LogP contribution < -0.4 is 0 Å². The minimum atomic E-state index is -0.575. The summed E-state index contributed by atoms with van der Waals surface area (Å²) < 4.78 is 0. The second kappa shape index (κ2) is 5.47. The van der Waals surface area contributed by atoms with Crippen molar-refractivity contribution in [3.05, 3.63) is 29.5 Å². The normalized spacial score (nSPS) is 14.1. The van der Waals surface area contributed by atoms with Crippen LogP contribution in [-0.2, 0) is 0 Å². The van der Waals surface area contributed by atoms with Gasteiger partial charge in [-0.25, -0.2) is 0 Å². The number of hydrogen-bond donors (Lipinski definition) is 0. The van der Waals surface area contributed by atoms with E-state index < -0.39 is 5.54 Å². The Labute approximate surface area is 114 Å². The molecule has 1 aromatic rings. The predicted octanol–water partition coefficient (Wildman–Crippen LogP) is 4.96. The Balaban J connectivity index is 3.14. The topological polar surface area (TPSA) is 63.1 Å². The lowest BCUT2D eigenvalue weighted by molar-refractivity contribution is -0.594. The van der Waals surface area contributed by atoms with Crippen LogP contribution in [0.2, 0.25) is 0 Å². The van der Waals surface area contributed by atoms with E-state index in [9.17, 15) is 5.21 Å². The van der Waals surface area contributed by atoms with E-state index in [0.29, 0.717) is 16.2 Å². The van der Waals surface area contributed by atoms with Gasteiger partial charge in [-0.2, -0.15) is 10.2 Å². The minimum absolute atomic E-state index is 0.256. The van der Waals surface area contributed by atoms with Crippen LogP contribution in [0.1, 0.15) is 41.5 Å². The summed E-state index contributed by atoms with van der Waals surface area (Å²) in [6.07, 6.45) is 0. The zero-order valence-electron chi connectivity index (χ0n) is 12.5. The second-order valence-corrected chi connectivity index (χ2v) is 6.40. The summed E-state index contributed by atoms with van der Waals surface area (Å²) in [6, 6.07) is 7.23. The van der Waals surface area contributed by atoms with E-state index in [0.717, 1.165) is 0 Å². The number of hydrogen-bond acceptors (Lipinski definition) is 4. The van der Waals surface area contributed by atoms with Gasteiger partial charge in [0.1, 0.15) is 5.69 Å². The van der Waals surface area contributed by atoms with Gasteiger partial charge in [0.15, 0.2) is 11.2 Å². The zero-order valence-corrected chi connectivity index (χ0v) is 12.5. The molecule has 0 atom stereocenters. The lowest BCUT2D eigenvalue weighted by Crippen LogP contribution is -2.26. The summed E-state index contributed by atoms with van der Waals surface area (Å²) >= 11 is 0. The van der Waals surface area contributed by atoms with Crippen LogP contribution in [0.3, 0.4) is 0 Å². The van der Waals surface area contributed by atoms with Crippen LogP contribution in [0.4, 0.5) is 11.4 Å². The largest absolute Gasteiger partial charge is 0.599 e. The molecule has 0 fully saturated rings. The standard InChI is InChI=1S/C14H22N4O/c1-13(2,3)17-15-11-9-7-8-10-12(11)16-18(19)14(4,5)6/h7-10H,1-6H3. The molecule has 19 heavy (non-hydrogen) atoms. The van der Waals surface area contributed by atoms with Crippen molar-refractivity contribution in [3.63, 3.8) is 0 Å². The predicted molar refractivity (Wildman–Crippen MR) is 76.2 cm³/mol. The molecule has 104 valence electrons. The van der Waals surface area contributed by atoms with Crippen molar-refractivity contribution < 1.29 is 4.86 Å². The van der Waals surface area contributed by atoms with E-state index in [1.54, 1.807) is 12.1 Å². The molecule has 0 radical (unpaired) electrons. The zero-order chi connectivity index (χ0) is 14.7. The number of benzene rings is 1. The molecule has 0 saturated carbocycles. The first-order valence-electron chi connectivity index (χ1n) is 6.30. The molecule has 0 N–H and O–H groups in total. The summed E-state index contributed by atoms with van der Waals surface area (Å²) in [7, 11) is 0. The summed E-state index contributed by atoms with van der Waals surface area (Å²) in [6.45, 7) is 11.3. The van der Waals surface area contributed by atoms with Gasteiger partial charge in [0.05, 0.1) is 5.54 Å². The molecule has 1 aromatic carbocycles. The van der Waals surface area contributed by atoms with Crippen LogP contribution in [0, 0.1) is 5.21 Å². The number of rotatable bonds is 2. The second-order valence-electron chi connectivity index (χ2n) is 6.40. The van der Waals surface area contributed by atoms with Crippen LogP contribution in [0.15, 0.2) is 39.6 Å². The molecule has 0 aromatic heterocycles. The molecule has 0 aliphatic heterocycles. The molecule has 0 amide bonds. The van der Waals surface area contributed by atoms with Crippen LogP contribution in [0.5, 0.6) is 0 Å². The highest BCUT2D eigenvalue weighted by molar-refractivity contribution is 5.60. The first-order valence-corrected chi connectivity index (χ1v) is 6.30. The van der Waals surface area contributed by atoms with Crippen molar-refractivity contribution in [1.29, 1.82) is 0 Å². The molecule has 0 aliphatic carbocycles. The highest BCUT2D eigenvalue weighted by atomic mass is 16.5. The fraction of sp³-hybridized carbons (Fsp3) is 0.571. The maximum Gasteiger partial charge on any atom is 0.191 e. The molecule has 5 nitrogen and oxygen atoms in total. The molecule has 0 aliphatic rings. The third-order valence-corrected chi connectivity index (χ3v) is 2.11. The smallest absolute Gasteiger partial charge is 0.191 e. The van der Waals surface area contributed by atoms with E-state index in [4.69, 9.17) is 0 Å². The summed E-state index contributed by atoms with van der Waals surface area (Å²) in [5, 5.41) is 24.3. The SMILES string of the molecule is CC(C)(C)N=Nc1ccccc1N=[N+]([O-])C(C)(C)C. The lowest BCUT2D eigenvalue weighted by atomic mass is 10.1. The fourth-order valence-electron chi connectivity index (χ4n) is 1.09. The quantitative estimate of drug-likeness (QED) is 0.422. The first kappa shape index (κ1) is 15.3. The van der Waals surface area contributed by atoms with Crippen LogP contribution in [-0.4, -0.2) is 15.9 Å². The lowest BCUT2D eigenvalue weighted by Gasteiger charge is -2.15. The van der Waals surface area contributed by atoms with Crippen molar-refractivity contribution in [2.24, 2.45) is 15.3 Å². The number of azo groups is 2. The van der Waals surface area contributed by atoms with Crippen LogP contribution in [0.25, 0.3) is 0 Å². The van der Waals surface area contributed by atoms with E-state index >= 15 is 0 Å². The molecule has 0 bridgehead atoms. The maximum absolute atomic E-state index is 11.9. The Kier molecular flexibility index (Phi) is 4.39. The highest BCUT2D eigenvalue weighted by Crippen LogP contribution is 2.29. The van der Waals surface area contributed by atoms with Gasteiger partial charge in [0.2, 0.25) is 0 Å². The van der Waals surface area contributed by atoms with E-state index in [2.05, 4.69) is 15.3 Å². The van der Waals surface area contributed by atoms with Gasteiger partial charge in [-0.3, -0.25) is 0 Å². The van der Waals surface area contributed by atoms with Gasteiger partial charge in [-0.1, -0.05) is 17.0 Å². The van der Waals surface area contributed by atoms with Gasteiger partial charge in [-0.15, -0.1) is 0 Å². The van der Waals surface area contributed by atoms with E-state index in [-0.39, 0.29) is 5.54 Å². The maximum atomic E-state index is 11.9. The van der Waals surface area contributed by atoms with Gasteiger partial charge in [0, 0.05) is 25.9 Å². The Hall–Kier alpha value is -1.78. The average molecular weight is 262 g/mol. The molecule has 0 unspecified atom stereocenters. The van der Waals surface area contributed by atoms with Crippen molar-refractivity contribution in [1.82, 2.24) is 0 Å². The van der Waals surface area contributed by atoms with E-state index in [1.807, 2.05) is 53.7 Å². The summed E-state index contributed by atoms with van der Waals surface area (Å²) in [4.78, 5) is 0.693. The molecule has 0 saturated heterocycles. The number of nitrogens with zero attached hydrogens (tertiary/aromatic N) is 4. The summed E-state index contributed by atoms with van der Waals surface area (Å²) in [5.41, 5.74) is 0.297. The minimum Gasteiger partial charge on any atom is -0.599 e. The molecule has 0 spiro atoms. The Morgan fingerprint density at radius 1 is 0.947 bits per heavy atom. The average Bonchev–Trinajstić information content (AvgIpc) is 2.25. The summed E-state index contributed by atoms with van der Waals surface area (Å²) in [5.74, 6) is 0. The Morgan fingerprint density at radius 2 is 1.47 bits per heavy atom. The third-order valence-electron chi connectivity index (χ3n) is 2.11. The van der Waals surface area contributed by atoms with Gasteiger partial charge in [-0.05, 0) is 32.9 Å².